The molecule has 0 spiro atoms. The Morgan fingerprint density at radius 1 is 1.00 bits per heavy atom. The van der Waals surface area contributed by atoms with E-state index in [-0.39, 0.29) is 5.56 Å². The molecule has 3 rings (SSSR count). The molecule has 2 N–H and O–H groups in total. The minimum atomic E-state index is -0.115. The van der Waals surface area contributed by atoms with Crippen LogP contribution in [0.2, 0.25) is 0 Å². The quantitative estimate of drug-likeness (QED) is 0.495. The second-order valence-electron chi connectivity index (χ2n) is 7.31. The molecule has 0 unspecified atom stereocenters. The molecule has 29 heavy (non-hydrogen) atoms. The zero-order valence-electron chi connectivity index (χ0n) is 17.1. The van der Waals surface area contributed by atoms with E-state index in [1.54, 1.807) is 6.20 Å². The molecule has 0 amide bonds. The zero-order chi connectivity index (χ0) is 20.8. The average molecular weight is 456 g/mol. The smallest absolute Gasteiger partial charge is 0.255 e. The first kappa shape index (κ1) is 21.2. The Balaban J connectivity index is 1.48. The van der Waals surface area contributed by atoms with E-state index in [0.29, 0.717) is 17.9 Å². The summed E-state index contributed by atoms with van der Waals surface area (Å²) in [4.78, 5) is 28.4. The molecule has 0 aliphatic rings. The highest BCUT2D eigenvalue weighted by Gasteiger charge is 2.06. The number of hydrogen-bond acceptors (Lipinski definition) is 5. The van der Waals surface area contributed by atoms with Crippen LogP contribution in [-0.4, -0.2) is 26.5 Å². The van der Waals surface area contributed by atoms with Crippen LogP contribution < -0.4 is 10.9 Å². The first-order valence-corrected chi connectivity index (χ1v) is 10.6. The van der Waals surface area contributed by atoms with E-state index in [1.807, 2.05) is 26.2 Å². The molecule has 6 nitrogen and oxygen atoms in total. The average Bonchev–Trinajstić information content (AvgIpc) is 2.68. The Kier molecular flexibility index (Phi) is 7.14. The molecule has 0 bridgehead atoms. The van der Waals surface area contributed by atoms with Crippen LogP contribution in [0.3, 0.4) is 0 Å². The summed E-state index contributed by atoms with van der Waals surface area (Å²) in [6.07, 6.45) is 8.75. The van der Waals surface area contributed by atoms with Gasteiger partial charge in [0, 0.05) is 53.0 Å². The molecule has 0 saturated carbocycles. The number of hydrogen-bond donors (Lipinski definition) is 2. The van der Waals surface area contributed by atoms with Crippen LogP contribution in [0.15, 0.2) is 40.0 Å². The molecule has 152 valence electrons. The molecule has 0 radical (unpaired) electrons. The van der Waals surface area contributed by atoms with Crippen LogP contribution in [0.25, 0.3) is 0 Å². The van der Waals surface area contributed by atoms with E-state index in [9.17, 15) is 4.79 Å². The number of rotatable bonds is 8. The Hall–Kier alpha value is -2.54. The van der Waals surface area contributed by atoms with Gasteiger partial charge in [-0.25, -0.2) is 4.98 Å². The van der Waals surface area contributed by atoms with Crippen LogP contribution in [0.1, 0.15) is 46.5 Å². The van der Waals surface area contributed by atoms with Gasteiger partial charge in [-0.05, 0) is 78.7 Å². The first-order valence-electron chi connectivity index (χ1n) is 9.77. The second-order valence-corrected chi connectivity index (χ2v) is 8.23. The summed E-state index contributed by atoms with van der Waals surface area (Å²) < 4.78 is 1.01. The SMILES string of the molecule is Cc1cc(Cc2cnc(NCCCCc3ncc(Br)cc3C)[nH]c2=O)cnc1C. The Labute approximate surface area is 179 Å². The summed E-state index contributed by atoms with van der Waals surface area (Å²) in [5.74, 6) is 0.509. The fourth-order valence-corrected chi connectivity index (χ4v) is 3.56. The van der Waals surface area contributed by atoms with E-state index in [0.717, 1.165) is 52.8 Å². The number of pyridine rings is 2. The number of anilines is 1. The van der Waals surface area contributed by atoms with Crippen molar-refractivity contribution in [2.45, 2.75) is 46.5 Å². The highest BCUT2D eigenvalue weighted by Crippen LogP contribution is 2.15. The monoisotopic (exact) mass is 455 g/mol. The number of halogens is 1. The van der Waals surface area contributed by atoms with Gasteiger partial charge in [-0.3, -0.25) is 19.7 Å². The van der Waals surface area contributed by atoms with Gasteiger partial charge in [0.25, 0.3) is 5.56 Å². The van der Waals surface area contributed by atoms with E-state index in [1.165, 1.54) is 5.56 Å². The van der Waals surface area contributed by atoms with Gasteiger partial charge in [0.05, 0.1) is 0 Å². The summed E-state index contributed by atoms with van der Waals surface area (Å²) in [6, 6.07) is 4.15. The molecule has 0 atom stereocenters. The van der Waals surface area contributed by atoms with Crippen molar-refractivity contribution >= 4 is 21.9 Å². The number of nitrogens with one attached hydrogen (secondary N) is 2. The summed E-state index contributed by atoms with van der Waals surface area (Å²) in [6.45, 7) is 6.83. The maximum atomic E-state index is 12.4. The van der Waals surface area contributed by atoms with E-state index < -0.39 is 0 Å². The molecule has 3 heterocycles. The van der Waals surface area contributed by atoms with Crippen molar-refractivity contribution in [1.82, 2.24) is 19.9 Å². The minimum absolute atomic E-state index is 0.115. The van der Waals surface area contributed by atoms with Crippen molar-refractivity contribution in [2.24, 2.45) is 0 Å². The molecule has 3 aromatic rings. The molecule has 0 fully saturated rings. The van der Waals surface area contributed by atoms with E-state index in [2.05, 4.69) is 60.2 Å². The van der Waals surface area contributed by atoms with E-state index in [4.69, 9.17) is 0 Å². The molecule has 7 heteroatoms. The van der Waals surface area contributed by atoms with Crippen LogP contribution >= 0.6 is 15.9 Å². The lowest BCUT2D eigenvalue weighted by Gasteiger charge is -2.08. The van der Waals surface area contributed by atoms with Crippen LogP contribution in [0.4, 0.5) is 5.95 Å². The summed E-state index contributed by atoms with van der Waals surface area (Å²) in [5, 5.41) is 3.20. The summed E-state index contributed by atoms with van der Waals surface area (Å²) in [7, 11) is 0. The highest BCUT2D eigenvalue weighted by atomic mass is 79.9. The Morgan fingerprint density at radius 2 is 1.83 bits per heavy atom. The van der Waals surface area contributed by atoms with Gasteiger partial charge in [0.2, 0.25) is 5.95 Å². The van der Waals surface area contributed by atoms with Gasteiger partial charge in [0.1, 0.15) is 0 Å². The van der Waals surface area contributed by atoms with Crippen molar-refractivity contribution < 1.29 is 0 Å². The van der Waals surface area contributed by atoms with E-state index >= 15 is 0 Å². The zero-order valence-corrected chi connectivity index (χ0v) is 18.6. The lowest BCUT2D eigenvalue weighted by atomic mass is 10.1. The number of unbranched alkanes of at least 4 members (excludes halogenated alkanes) is 1. The fraction of sp³-hybridized carbons (Fsp3) is 0.364. The van der Waals surface area contributed by atoms with Crippen molar-refractivity contribution in [3.05, 3.63) is 79.2 Å². The Morgan fingerprint density at radius 3 is 2.55 bits per heavy atom. The summed E-state index contributed by atoms with van der Waals surface area (Å²) in [5.41, 5.74) is 5.99. The highest BCUT2D eigenvalue weighted by molar-refractivity contribution is 9.10. The third kappa shape index (κ3) is 5.97. The number of H-pyrrole nitrogens is 1. The van der Waals surface area contributed by atoms with Gasteiger partial charge in [-0.15, -0.1) is 0 Å². The van der Waals surface area contributed by atoms with Crippen LogP contribution in [0, 0.1) is 20.8 Å². The van der Waals surface area contributed by atoms with Gasteiger partial charge >= 0.3 is 0 Å². The molecular formula is C22H26BrN5O. The number of aromatic amines is 1. The van der Waals surface area contributed by atoms with Crippen molar-refractivity contribution in [3.63, 3.8) is 0 Å². The predicted octanol–water partition coefficient (Wildman–Crippen LogP) is 4.27. The van der Waals surface area contributed by atoms with Crippen molar-refractivity contribution in [2.75, 3.05) is 11.9 Å². The topological polar surface area (TPSA) is 83.6 Å². The normalized spacial score (nSPS) is 10.9. The summed E-state index contributed by atoms with van der Waals surface area (Å²) >= 11 is 3.44. The van der Waals surface area contributed by atoms with Crippen molar-refractivity contribution in [1.29, 1.82) is 0 Å². The van der Waals surface area contributed by atoms with Crippen LogP contribution in [-0.2, 0) is 12.8 Å². The molecule has 3 aromatic heterocycles. The molecular weight excluding hydrogens is 430 g/mol. The molecule has 0 aliphatic carbocycles. The number of nitrogens with zero attached hydrogens (tertiary/aromatic N) is 3. The lowest BCUT2D eigenvalue weighted by Crippen LogP contribution is -2.17. The maximum Gasteiger partial charge on any atom is 0.255 e. The third-order valence-electron chi connectivity index (χ3n) is 4.95. The van der Waals surface area contributed by atoms with Gasteiger partial charge < -0.3 is 5.32 Å². The maximum absolute atomic E-state index is 12.4. The molecule has 0 aliphatic heterocycles. The standard InChI is InChI=1S/C22H26BrN5O/c1-14-8-17(11-25-16(14)3)10-18-12-27-22(28-21(18)29)24-7-5-4-6-20-15(2)9-19(23)13-26-20/h8-9,11-13H,4-7,10H2,1-3H3,(H2,24,27,28,29). The fourth-order valence-electron chi connectivity index (χ4n) is 3.11. The van der Waals surface area contributed by atoms with Gasteiger partial charge in [-0.2, -0.15) is 0 Å². The molecule has 0 aromatic carbocycles. The lowest BCUT2D eigenvalue weighted by molar-refractivity contribution is 0.741. The van der Waals surface area contributed by atoms with Crippen molar-refractivity contribution in [3.8, 4) is 0 Å². The predicted molar refractivity (Wildman–Crippen MR) is 119 cm³/mol. The second kappa shape index (κ2) is 9.78. The third-order valence-corrected chi connectivity index (χ3v) is 5.38. The number of aryl methyl sites for hydroxylation is 4. The minimum Gasteiger partial charge on any atom is -0.356 e. The van der Waals surface area contributed by atoms with Gasteiger partial charge in [-0.1, -0.05) is 6.07 Å². The number of aromatic nitrogens is 4. The van der Waals surface area contributed by atoms with Gasteiger partial charge in [0.15, 0.2) is 0 Å². The largest absolute Gasteiger partial charge is 0.356 e. The Bertz CT molecular complexity index is 1050. The molecule has 0 saturated heterocycles. The van der Waals surface area contributed by atoms with Crippen LogP contribution in [0.5, 0.6) is 0 Å². The first-order chi connectivity index (χ1) is 13.9.